The Kier molecular flexibility index (Phi) is 6.65. The van der Waals surface area contributed by atoms with Crippen molar-refractivity contribution >= 4 is 12.4 Å². The van der Waals surface area contributed by atoms with E-state index in [2.05, 4.69) is 10.3 Å². The molecule has 6 heteroatoms. The van der Waals surface area contributed by atoms with Gasteiger partial charge in [-0.2, -0.15) is 0 Å². The zero-order valence-corrected chi connectivity index (χ0v) is 12.6. The number of pyridine rings is 1. The van der Waals surface area contributed by atoms with Gasteiger partial charge in [-0.25, -0.2) is 4.39 Å². The number of halogens is 2. The van der Waals surface area contributed by atoms with Crippen molar-refractivity contribution in [2.75, 3.05) is 6.54 Å². The molecule has 0 radical (unpaired) electrons. The van der Waals surface area contributed by atoms with Crippen LogP contribution in [0.1, 0.15) is 44.8 Å². The van der Waals surface area contributed by atoms with Crippen LogP contribution in [0.3, 0.4) is 0 Å². The molecular weight excluding hydrogens is 283 g/mol. The fraction of sp³-hybridized carbons (Fsp3) is 0.643. The molecule has 2 rings (SSSR count). The topological polar surface area (TPSA) is 54.4 Å². The van der Waals surface area contributed by atoms with Crippen LogP contribution in [0, 0.1) is 5.82 Å². The summed E-state index contributed by atoms with van der Waals surface area (Å²) in [4.78, 5) is 3.83. The smallest absolute Gasteiger partial charge is 0.183 e. The van der Waals surface area contributed by atoms with E-state index in [-0.39, 0.29) is 30.3 Å². The van der Waals surface area contributed by atoms with Gasteiger partial charge in [-0.1, -0.05) is 6.42 Å². The van der Waals surface area contributed by atoms with Gasteiger partial charge >= 0.3 is 0 Å². The van der Waals surface area contributed by atoms with Crippen molar-refractivity contribution in [1.29, 1.82) is 0 Å². The zero-order valence-electron chi connectivity index (χ0n) is 11.8. The lowest BCUT2D eigenvalue weighted by atomic mass is 9.95. The van der Waals surface area contributed by atoms with Gasteiger partial charge in [0, 0.05) is 17.8 Å². The normalized spacial score (nSPS) is 20.4. The SMILES string of the molecule is CC(C)Oc1c(F)cncc1C(O)[C@H]1CCCCN1.Cl. The molecule has 1 aliphatic heterocycles. The third-order valence-electron chi connectivity index (χ3n) is 3.28. The molecule has 20 heavy (non-hydrogen) atoms. The molecule has 0 saturated carbocycles. The second-order valence-corrected chi connectivity index (χ2v) is 5.21. The molecule has 4 nitrogen and oxygen atoms in total. The zero-order chi connectivity index (χ0) is 13.8. The van der Waals surface area contributed by atoms with Crippen LogP contribution in [0.25, 0.3) is 0 Å². The van der Waals surface area contributed by atoms with Gasteiger partial charge in [-0.3, -0.25) is 4.98 Å². The predicted molar refractivity (Wildman–Crippen MR) is 77.8 cm³/mol. The van der Waals surface area contributed by atoms with E-state index in [4.69, 9.17) is 4.74 Å². The maximum absolute atomic E-state index is 13.8. The average molecular weight is 305 g/mol. The minimum Gasteiger partial charge on any atom is -0.487 e. The maximum Gasteiger partial charge on any atom is 0.183 e. The number of nitrogens with zero attached hydrogens (tertiary/aromatic N) is 1. The van der Waals surface area contributed by atoms with E-state index in [0.29, 0.717) is 5.56 Å². The summed E-state index contributed by atoms with van der Waals surface area (Å²) in [5.74, 6) is -0.411. The van der Waals surface area contributed by atoms with Crippen LogP contribution in [0.4, 0.5) is 4.39 Å². The molecule has 0 amide bonds. The summed E-state index contributed by atoms with van der Waals surface area (Å²) in [7, 11) is 0. The van der Waals surface area contributed by atoms with Crippen molar-refractivity contribution in [3.05, 3.63) is 23.8 Å². The van der Waals surface area contributed by atoms with E-state index in [1.54, 1.807) is 0 Å². The van der Waals surface area contributed by atoms with Crippen LogP contribution >= 0.6 is 12.4 Å². The monoisotopic (exact) mass is 304 g/mol. The van der Waals surface area contributed by atoms with Gasteiger partial charge in [0.05, 0.1) is 18.4 Å². The van der Waals surface area contributed by atoms with Gasteiger partial charge in [0.2, 0.25) is 0 Å². The Hall–Kier alpha value is -0.910. The van der Waals surface area contributed by atoms with Crippen molar-refractivity contribution in [3.63, 3.8) is 0 Å². The first-order chi connectivity index (χ1) is 9.09. The summed E-state index contributed by atoms with van der Waals surface area (Å²) >= 11 is 0. The third-order valence-corrected chi connectivity index (χ3v) is 3.28. The van der Waals surface area contributed by atoms with E-state index >= 15 is 0 Å². The number of nitrogens with one attached hydrogen (secondary N) is 1. The summed E-state index contributed by atoms with van der Waals surface area (Å²) in [6, 6.07) is -0.0631. The van der Waals surface area contributed by atoms with Crippen LogP contribution in [0.15, 0.2) is 12.4 Å². The second-order valence-electron chi connectivity index (χ2n) is 5.21. The molecule has 114 valence electrons. The Morgan fingerprint density at radius 1 is 1.40 bits per heavy atom. The largest absolute Gasteiger partial charge is 0.487 e. The molecule has 1 aromatic heterocycles. The van der Waals surface area contributed by atoms with Gasteiger partial charge in [0.25, 0.3) is 0 Å². The first-order valence-corrected chi connectivity index (χ1v) is 6.81. The van der Waals surface area contributed by atoms with E-state index in [9.17, 15) is 9.50 Å². The molecule has 1 aromatic rings. The van der Waals surface area contributed by atoms with Gasteiger partial charge in [-0.05, 0) is 33.2 Å². The van der Waals surface area contributed by atoms with Gasteiger partial charge in [0.1, 0.15) is 0 Å². The molecule has 0 spiro atoms. The Morgan fingerprint density at radius 3 is 2.75 bits per heavy atom. The Morgan fingerprint density at radius 2 is 2.15 bits per heavy atom. The lowest BCUT2D eigenvalue weighted by molar-refractivity contribution is 0.106. The summed E-state index contributed by atoms with van der Waals surface area (Å²) in [6.45, 7) is 4.54. The first kappa shape index (κ1) is 17.1. The number of aliphatic hydroxyl groups is 1. The minimum absolute atomic E-state index is 0. The quantitative estimate of drug-likeness (QED) is 0.898. The van der Waals surface area contributed by atoms with E-state index in [0.717, 1.165) is 32.0 Å². The van der Waals surface area contributed by atoms with Gasteiger partial charge in [-0.15, -0.1) is 12.4 Å². The molecule has 0 bridgehead atoms. The fourth-order valence-electron chi connectivity index (χ4n) is 2.37. The predicted octanol–water partition coefficient (Wildman–Crippen LogP) is 2.61. The van der Waals surface area contributed by atoms with E-state index in [1.807, 2.05) is 13.8 Å². The van der Waals surface area contributed by atoms with Crippen molar-refractivity contribution in [3.8, 4) is 5.75 Å². The lowest BCUT2D eigenvalue weighted by Gasteiger charge is -2.29. The van der Waals surface area contributed by atoms with Crippen LogP contribution in [0.2, 0.25) is 0 Å². The molecular formula is C14H22ClFN2O2. The van der Waals surface area contributed by atoms with Gasteiger partial charge in [0.15, 0.2) is 11.6 Å². The number of rotatable bonds is 4. The number of aliphatic hydroxyl groups excluding tert-OH is 1. The average Bonchev–Trinajstić information content (AvgIpc) is 2.41. The second kappa shape index (κ2) is 7.76. The first-order valence-electron chi connectivity index (χ1n) is 6.81. The van der Waals surface area contributed by atoms with Gasteiger partial charge < -0.3 is 15.2 Å². The highest BCUT2D eigenvalue weighted by atomic mass is 35.5. The molecule has 2 atom stereocenters. The molecule has 2 N–H and O–H groups in total. The number of hydrogen-bond acceptors (Lipinski definition) is 4. The van der Waals surface area contributed by atoms with Crippen LogP contribution in [0.5, 0.6) is 5.75 Å². The number of ether oxygens (including phenoxy) is 1. The highest BCUT2D eigenvalue weighted by molar-refractivity contribution is 5.85. The van der Waals surface area contributed by atoms with Crippen molar-refractivity contribution < 1.29 is 14.2 Å². The molecule has 0 aromatic carbocycles. The molecule has 1 aliphatic rings. The van der Waals surface area contributed by atoms with Crippen LogP contribution in [-0.2, 0) is 0 Å². The van der Waals surface area contributed by atoms with Crippen LogP contribution < -0.4 is 10.1 Å². The third kappa shape index (κ3) is 4.04. The summed E-state index contributed by atoms with van der Waals surface area (Å²) < 4.78 is 19.3. The summed E-state index contributed by atoms with van der Waals surface area (Å²) in [5, 5.41) is 13.7. The van der Waals surface area contributed by atoms with E-state index in [1.165, 1.54) is 6.20 Å². The van der Waals surface area contributed by atoms with Crippen molar-refractivity contribution in [2.45, 2.75) is 51.4 Å². The molecule has 1 unspecified atom stereocenters. The number of piperidine rings is 1. The highest BCUT2D eigenvalue weighted by Gasteiger charge is 2.27. The lowest BCUT2D eigenvalue weighted by Crippen LogP contribution is -2.39. The Bertz CT molecular complexity index is 426. The fourth-order valence-corrected chi connectivity index (χ4v) is 2.37. The molecule has 1 saturated heterocycles. The van der Waals surface area contributed by atoms with Crippen LogP contribution in [-0.4, -0.2) is 28.8 Å². The number of aromatic nitrogens is 1. The van der Waals surface area contributed by atoms with E-state index < -0.39 is 11.9 Å². The summed E-state index contributed by atoms with van der Waals surface area (Å²) in [6.07, 6.45) is 4.71. The van der Waals surface area contributed by atoms with Crippen molar-refractivity contribution in [1.82, 2.24) is 10.3 Å². The summed E-state index contributed by atoms with van der Waals surface area (Å²) in [5.41, 5.74) is 0.424. The highest BCUT2D eigenvalue weighted by Crippen LogP contribution is 2.32. The maximum atomic E-state index is 13.8. The van der Waals surface area contributed by atoms with Crippen molar-refractivity contribution in [2.24, 2.45) is 0 Å². The Labute approximate surface area is 125 Å². The molecule has 2 heterocycles. The minimum atomic E-state index is -0.794. The molecule has 0 aliphatic carbocycles. The standard InChI is InChI=1S/C14H21FN2O2.ClH/c1-9(2)19-14-10(7-16-8-11(14)15)13(18)12-5-3-4-6-17-12;/h7-9,12-13,17-18H,3-6H2,1-2H3;1H/t12-,13?;/m1./s1. The Balaban J connectivity index is 0.00000200. The number of hydrogen-bond donors (Lipinski definition) is 2. The molecule has 1 fully saturated rings.